The molecule has 84 valence electrons. The van der Waals surface area contributed by atoms with Gasteiger partial charge in [-0.05, 0) is 32.3 Å². The van der Waals surface area contributed by atoms with Crippen molar-refractivity contribution in [1.82, 2.24) is 9.88 Å². The van der Waals surface area contributed by atoms with E-state index in [1.165, 1.54) is 12.1 Å². The van der Waals surface area contributed by atoms with Crippen molar-refractivity contribution in [2.75, 3.05) is 20.6 Å². The van der Waals surface area contributed by atoms with E-state index in [0.29, 0.717) is 17.6 Å². The maximum atomic E-state index is 12.9. The van der Waals surface area contributed by atoms with Gasteiger partial charge in [0.1, 0.15) is 5.82 Å². The van der Waals surface area contributed by atoms with Gasteiger partial charge in [-0.3, -0.25) is 4.79 Å². The van der Waals surface area contributed by atoms with Crippen LogP contribution in [0.2, 0.25) is 0 Å². The number of nitrogens with one attached hydrogen (secondary N) is 1. The summed E-state index contributed by atoms with van der Waals surface area (Å²) in [7, 11) is 3.68. The van der Waals surface area contributed by atoms with Crippen LogP contribution in [0.25, 0.3) is 10.9 Å². The minimum Gasteiger partial charge on any atom is -0.360 e. The first-order valence-corrected chi connectivity index (χ1v) is 5.02. The highest BCUT2D eigenvalue weighted by Gasteiger charge is 2.12. The van der Waals surface area contributed by atoms with Gasteiger partial charge in [-0.15, -0.1) is 0 Å². The summed E-state index contributed by atoms with van der Waals surface area (Å²) in [6, 6.07) is 4.38. The molecule has 0 unspecified atom stereocenters. The summed E-state index contributed by atoms with van der Waals surface area (Å²) in [5, 5.41) is 0.772. The van der Waals surface area contributed by atoms with Crippen LogP contribution in [0.15, 0.2) is 24.4 Å². The lowest BCUT2D eigenvalue weighted by Crippen LogP contribution is -2.21. The lowest BCUT2D eigenvalue weighted by Gasteiger charge is -2.07. The summed E-state index contributed by atoms with van der Waals surface area (Å²) in [4.78, 5) is 16.6. The van der Waals surface area contributed by atoms with Crippen molar-refractivity contribution >= 4 is 16.7 Å². The maximum Gasteiger partial charge on any atom is 0.178 e. The van der Waals surface area contributed by atoms with Gasteiger partial charge in [0.05, 0.1) is 6.54 Å². The quantitative estimate of drug-likeness (QED) is 0.804. The number of carbonyl (C=O) groups is 1. The fourth-order valence-electron chi connectivity index (χ4n) is 1.70. The molecule has 1 heterocycles. The zero-order valence-electron chi connectivity index (χ0n) is 9.25. The predicted octanol–water partition coefficient (Wildman–Crippen LogP) is 2.05. The van der Waals surface area contributed by atoms with E-state index in [4.69, 9.17) is 0 Å². The smallest absolute Gasteiger partial charge is 0.178 e. The molecule has 0 atom stereocenters. The zero-order valence-corrected chi connectivity index (χ0v) is 9.25. The summed E-state index contributed by atoms with van der Waals surface area (Å²) in [6.07, 6.45) is 1.63. The van der Waals surface area contributed by atoms with Gasteiger partial charge in [0.2, 0.25) is 0 Å². The van der Waals surface area contributed by atoms with Crippen LogP contribution in [0.3, 0.4) is 0 Å². The Labute approximate surface area is 92.9 Å². The van der Waals surface area contributed by atoms with Crippen LogP contribution in [0.5, 0.6) is 0 Å². The normalized spacial score (nSPS) is 11.2. The first-order chi connectivity index (χ1) is 7.58. The fraction of sp³-hybridized carbons (Fsp3) is 0.250. The van der Waals surface area contributed by atoms with E-state index in [9.17, 15) is 9.18 Å². The number of rotatable bonds is 3. The molecular weight excluding hydrogens is 207 g/mol. The van der Waals surface area contributed by atoms with Crippen LogP contribution in [0, 0.1) is 5.82 Å². The Morgan fingerprint density at radius 2 is 2.19 bits per heavy atom. The second kappa shape index (κ2) is 4.06. The Hall–Kier alpha value is -1.68. The highest BCUT2D eigenvalue weighted by atomic mass is 19.1. The van der Waals surface area contributed by atoms with Gasteiger partial charge >= 0.3 is 0 Å². The number of benzene rings is 1. The number of Topliss-reactive ketones (excluding diaryl/α,β-unsaturated/α-hetero) is 1. The summed E-state index contributed by atoms with van der Waals surface area (Å²) < 4.78 is 12.9. The number of aromatic amines is 1. The van der Waals surface area contributed by atoms with Gasteiger partial charge in [0.15, 0.2) is 5.78 Å². The minimum absolute atomic E-state index is 0.0304. The molecule has 16 heavy (non-hydrogen) atoms. The highest BCUT2D eigenvalue weighted by molar-refractivity contribution is 6.08. The molecular formula is C12H13FN2O. The number of hydrogen-bond acceptors (Lipinski definition) is 2. The summed E-state index contributed by atoms with van der Waals surface area (Å²) in [5.41, 5.74) is 1.27. The maximum absolute atomic E-state index is 12.9. The van der Waals surface area contributed by atoms with Gasteiger partial charge in [-0.25, -0.2) is 4.39 Å². The van der Waals surface area contributed by atoms with Crippen molar-refractivity contribution in [3.8, 4) is 0 Å². The number of hydrogen-bond donors (Lipinski definition) is 1. The largest absolute Gasteiger partial charge is 0.360 e. The van der Waals surface area contributed by atoms with E-state index in [2.05, 4.69) is 4.98 Å². The number of aromatic nitrogens is 1. The monoisotopic (exact) mass is 220 g/mol. The van der Waals surface area contributed by atoms with E-state index in [-0.39, 0.29) is 11.6 Å². The van der Waals surface area contributed by atoms with Crippen molar-refractivity contribution in [3.63, 3.8) is 0 Å². The van der Waals surface area contributed by atoms with Crippen molar-refractivity contribution in [3.05, 3.63) is 35.8 Å². The van der Waals surface area contributed by atoms with E-state index >= 15 is 0 Å². The molecule has 0 spiro atoms. The molecule has 0 aliphatic rings. The van der Waals surface area contributed by atoms with Gasteiger partial charge in [-0.2, -0.15) is 0 Å². The lowest BCUT2D eigenvalue weighted by molar-refractivity contribution is 0.0959. The molecule has 0 radical (unpaired) electrons. The Balaban J connectivity index is 2.42. The summed E-state index contributed by atoms with van der Waals surface area (Å²) >= 11 is 0. The second-order valence-corrected chi connectivity index (χ2v) is 4.05. The molecule has 1 aromatic carbocycles. The molecule has 0 saturated carbocycles. The van der Waals surface area contributed by atoms with Crippen molar-refractivity contribution in [2.45, 2.75) is 0 Å². The van der Waals surface area contributed by atoms with Crippen LogP contribution < -0.4 is 0 Å². The van der Waals surface area contributed by atoms with E-state index in [0.717, 1.165) is 5.39 Å². The van der Waals surface area contributed by atoms with Gasteiger partial charge in [-0.1, -0.05) is 0 Å². The Morgan fingerprint density at radius 3 is 2.88 bits per heavy atom. The summed E-state index contributed by atoms with van der Waals surface area (Å²) in [5.74, 6) is -0.274. The average Bonchev–Trinajstić information content (AvgIpc) is 2.59. The SMILES string of the molecule is CN(C)CC(=O)c1c[nH]c2cc(F)ccc12. The molecule has 0 aliphatic heterocycles. The van der Waals surface area contributed by atoms with Gasteiger partial charge in [0.25, 0.3) is 0 Å². The first kappa shape index (κ1) is 10.8. The van der Waals surface area contributed by atoms with E-state index in [1.807, 2.05) is 19.0 Å². The molecule has 0 amide bonds. The second-order valence-electron chi connectivity index (χ2n) is 4.05. The van der Waals surface area contributed by atoms with Crippen LogP contribution in [0.1, 0.15) is 10.4 Å². The molecule has 0 bridgehead atoms. The van der Waals surface area contributed by atoms with Crippen LogP contribution in [-0.2, 0) is 0 Å². The minimum atomic E-state index is -0.305. The molecule has 2 aromatic rings. The van der Waals surface area contributed by atoms with Crippen molar-refractivity contribution in [2.24, 2.45) is 0 Å². The number of H-pyrrole nitrogens is 1. The number of fused-ring (bicyclic) bond motifs is 1. The van der Waals surface area contributed by atoms with Crippen LogP contribution in [-0.4, -0.2) is 36.3 Å². The topological polar surface area (TPSA) is 36.1 Å². The third kappa shape index (κ3) is 1.97. The third-order valence-electron chi connectivity index (χ3n) is 2.40. The molecule has 1 aromatic heterocycles. The molecule has 2 rings (SSSR count). The van der Waals surface area contributed by atoms with Gasteiger partial charge < -0.3 is 9.88 Å². The van der Waals surface area contributed by atoms with Crippen LogP contribution in [0.4, 0.5) is 4.39 Å². The molecule has 0 aliphatic carbocycles. The van der Waals surface area contributed by atoms with Crippen molar-refractivity contribution < 1.29 is 9.18 Å². The molecule has 0 fully saturated rings. The van der Waals surface area contributed by atoms with Crippen LogP contribution >= 0.6 is 0 Å². The van der Waals surface area contributed by atoms with Crippen molar-refractivity contribution in [1.29, 1.82) is 0 Å². The Kier molecular flexibility index (Phi) is 2.75. The number of nitrogens with zero attached hydrogens (tertiary/aromatic N) is 1. The molecule has 4 heteroatoms. The molecule has 3 nitrogen and oxygen atoms in total. The lowest BCUT2D eigenvalue weighted by atomic mass is 10.1. The summed E-state index contributed by atoms with van der Waals surface area (Å²) in [6.45, 7) is 0.352. The number of carbonyl (C=O) groups excluding carboxylic acids is 1. The van der Waals surface area contributed by atoms with Gasteiger partial charge in [0, 0.05) is 22.7 Å². The number of halogens is 1. The number of ketones is 1. The molecule has 1 N–H and O–H groups in total. The average molecular weight is 220 g/mol. The van der Waals surface area contributed by atoms with E-state index in [1.54, 1.807) is 12.3 Å². The zero-order chi connectivity index (χ0) is 11.7. The first-order valence-electron chi connectivity index (χ1n) is 5.02. The Morgan fingerprint density at radius 1 is 1.44 bits per heavy atom. The molecule has 0 saturated heterocycles. The highest BCUT2D eigenvalue weighted by Crippen LogP contribution is 2.19. The Bertz CT molecular complexity index is 531. The predicted molar refractivity (Wildman–Crippen MR) is 61.1 cm³/mol. The van der Waals surface area contributed by atoms with E-state index < -0.39 is 0 Å². The third-order valence-corrected chi connectivity index (χ3v) is 2.40. The standard InChI is InChI=1S/C12H13FN2O/c1-15(2)7-12(16)10-6-14-11-5-8(13)3-4-9(10)11/h3-6,14H,7H2,1-2H3. The number of likely N-dealkylation sites (N-methyl/N-ethyl adjacent to an activating group) is 1. The fourth-order valence-corrected chi connectivity index (χ4v) is 1.70.